The van der Waals surface area contributed by atoms with Gasteiger partial charge in [0.2, 0.25) is 0 Å². The summed E-state index contributed by atoms with van der Waals surface area (Å²) in [6, 6.07) is -0.574. The molecule has 20 heavy (non-hydrogen) atoms. The van der Waals surface area contributed by atoms with Gasteiger partial charge in [-0.15, -0.1) is 0 Å². The van der Waals surface area contributed by atoms with Crippen molar-refractivity contribution in [2.24, 2.45) is 5.41 Å². The first kappa shape index (κ1) is 16.4. The zero-order valence-electron chi connectivity index (χ0n) is 12.1. The molecule has 0 aromatic heterocycles. The highest BCUT2D eigenvalue weighted by atomic mass is 16.5. The molecule has 0 aromatic carbocycles. The molecule has 0 saturated heterocycles. The van der Waals surface area contributed by atoms with Crippen molar-refractivity contribution < 1.29 is 19.4 Å². The van der Waals surface area contributed by atoms with E-state index in [1.165, 1.54) is 0 Å². The second kappa shape index (κ2) is 7.85. The number of allylic oxidation sites excluding steroid dienone is 3. The molecule has 2 N–H and O–H groups in total. The van der Waals surface area contributed by atoms with E-state index in [2.05, 4.69) is 5.32 Å². The van der Waals surface area contributed by atoms with Crippen LogP contribution in [0.1, 0.15) is 33.1 Å². The van der Waals surface area contributed by atoms with E-state index >= 15 is 0 Å². The lowest BCUT2D eigenvalue weighted by Gasteiger charge is -2.29. The molecule has 0 aromatic rings. The predicted molar refractivity (Wildman–Crippen MR) is 76.3 cm³/mol. The Labute approximate surface area is 119 Å². The van der Waals surface area contributed by atoms with E-state index in [4.69, 9.17) is 9.84 Å². The Bertz CT molecular complexity index is 403. The molecule has 0 amide bonds. The van der Waals surface area contributed by atoms with Crippen LogP contribution in [-0.2, 0) is 14.3 Å². The fraction of sp³-hybridized carbons (Fsp3) is 0.600. The molecular formula is C15H23NO4. The molecule has 0 aliphatic heterocycles. The highest BCUT2D eigenvalue weighted by Crippen LogP contribution is 2.34. The molecule has 0 heterocycles. The Morgan fingerprint density at radius 3 is 2.75 bits per heavy atom. The SMILES string of the molecule is CCOC(=O)[C@]1(CCCN[C@@H](C)C(=O)O)C=CC=CC1. The molecule has 112 valence electrons. The van der Waals surface area contributed by atoms with Gasteiger partial charge in [-0.1, -0.05) is 24.3 Å². The van der Waals surface area contributed by atoms with Crippen molar-refractivity contribution in [2.45, 2.75) is 39.2 Å². The van der Waals surface area contributed by atoms with Gasteiger partial charge in [0.05, 0.1) is 12.0 Å². The summed E-state index contributed by atoms with van der Waals surface area (Å²) in [5, 5.41) is 11.7. The third kappa shape index (κ3) is 4.49. The quantitative estimate of drug-likeness (QED) is 0.525. The van der Waals surface area contributed by atoms with Crippen LogP contribution in [0.25, 0.3) is 0 Å². The van der Waals surface area contributed by atoms with E-state index in [9.17, 15) is 9.59 Å². The van der Waals surface area contributed by atoms with Crippen molar-refractivity contribution in [3.05, 3.63) is 24.3 Å². The molecule has 1 aliphatic carbocycles. The van der Waals surface area contributed by atoms with E-state index in [1.807, 2.05) is 24.3 Å². The normalized spacial score (nSPS) is 22.5. The largest absolute Gasteiger partial charge is 0.480 e. The molecule has 2 atom stereocenters. The second-order valence-corrected chi connectivity index (χ2v) is 4.99. The number of aliphatic carboxylic acids is 1. The van der Waals surface area contributed by atoms with Crippen molar-refractivity contribution in [1.29, 1.82) is 0 Å². The van der Waals surface area contributed by atoms with E-state index in [0.29, 0.717) is 32.4 Å². The van der Waals surface area contributed by atoms with Gasteiger partial charge < -0.3 is 15.2 Å². The van der Waals surface area contributed by atoms with Crippen LogP contribution in [0, 0.1) is 5.41 Å². The monoisotopic (exact) mass is 281 g/mol. The van der Waals surface area contributed by atoms with Crippen LogP contribution in [0.3, 0.4) is 0 Å². The Balaban J connectivity index is 2.50. The van der Waals surface area contributed by atoms with Gasteiger partial charge in [0.1, 0.15) is 6.04 Å². The topological polar surface area (TPSA) is 75.6 Å². The van der Waals surface area contributed by atoms with E-state index in [1.54, 1.807) is 13.8 Å². The number of rotatable bonds is 8. The first-order valence-corrected chi connectivity index (χ1v) is 6.99. The molecule has 0 saturated carbocycles. The van der Waals surface area contributed by atoms with Crippen molar-refractivity contribution in [1.82, 2.24) is 5.32 Å². The summed E-state index contributed by atoms with van der Waals surface area (Å²) in [4.78, 5) is 22.8. The molecule has 0 bridgehead atoms. The lowest BCUT2D eigenvalue weighted by molar-refractivity contribution is -0.153. The standard InChI is InChI=1S/C15H23NO4/c1-3-20-14(19)15(8-5-4-6-9-15)10-7-11-16-12(2)13(17)18/h4-6,8,12,16H,3,7,9-11H2,1-2H3,(H,17,18)/t12-,15+/m0/s1. The van der Waals surface area contributed by atoms with Gasteiger partial charge in [-0.3, -0.25) is 9.59 Å². The van der Waals surface area contributed by atoms with Gasteiger partial charge in [0.25, 0.3) is 0 Å². The minimum Gasteiger partial charge on any atom is -0.480 e. The third-order valence-electron chi connectivity index (χ3n) is 3.45. The number of ether oxygens (including phenoxy) is 1. The van der Waals surface area contributed by atoms with Gasteiger partial charge in [0.15, 0.2) is 0 Å². The average molecular weight is 281 g/mol. The van der Waals surface area contributed by atoms with Crippen LogP contribution >= 0.6 is 0 Å². The van der Waals surface area contributed by atoms with E-state index in [0.717, 1.165) is 0 Å². The summed E-state index contributed by atoms with van der Waals surface area (Å²) in [7, 11) is 0. The summed E-state index contributed by atoms with van der Waals surface area (Å²) in [6.45, 7) is 4.33. The van der Waals surface area contributed by atoms with Gasteiger partial charge in [-0.25, -0.2) is 0 Å². The molecular weight excluding hydrogens is 258 g/mol. The van der Waals surface area contributed by atoms with Gasteiger partial charge in [-0.2, -0.15) is 0 Å². The van der Waals surface area contributed by atoms with Gasteiger partial charge in [0, 0.05) is 0 Å². The zero-order valence-corrected chi connectivity index (χ0v) is 12.1. The van der Waals surface area contributed by atoms with Crippen LogP contribution in [0.4, 0.5) is 0 Å². The number of carboxylic acids is 1. The maximum Gasteiger partial charge on any atom is 0.320 e. The number of carbonyl (C=O) groups excluding carboxylic acids is 1. The zero-order chi connectivity index (χ0) is 15.0. The van der Waals surface area contributed by atoms with Crippen molar-refractivity contribution >= 4 is 11.9 Å². The number of hydrogen-bond donors (Lipinski definition) is 2. The fourth-order valence-electron chi connectivity index (χ4n) is 2.19. The Hall–Kier alpha value is -1.62. The molecule has 5 nitrogen and oxygen atoms in total. The summed E-state index contributed by atoms with van der Waals surface area (Å²) < 4.78 is 5.16. The lowest BCUT2D eigenvalue weighted by atomic mass is 9.77. The Morgan fingerprint density at radius 2 is 2.20 bits per heavy atom. The van der Waals surface area contributed by atoms with Gasteiger partial charge >= 0.3 is 11.9 Å². The molecule has 1 rings (SSSR count). The van der Waals surface area contributed by atoms with Crippen LogP contribution in [0.5, 0.6) is 0 Å². The third-order valence-corrected chi connectivity index (χ3v) is 3.45. The predicted octanol–water partition coefficient (Wildman–Crippen LogP) is 1.89. The van der Waals surface area contributed by atoms with E-state index < -0.39 is 17.4 Å². The van der Waals surface area contributed by atoms with Crippen LogP contribution in [0.2, 0.25) is 0 Å². The molecule has 0 fully saturated rings. The maximum atomic E-state index is 12.1. The summed E-state index contributed by atoms with van der Waals surface area (Å²) in [5.41, 5.74) is -0.598. The van der Waals surface area contributed by atoms with Crippen LogP contribution < -0.4 is 5.32 Å². The lowest BCUT2D eigenvalue weighted by Crippen LogP contribution is -2.36. The smallest absolute Gasteiger partial charge is 0.320 e. The minimum atomic E-state index is -0.870. The second-order valence-electron chi connectivity index (χ2n) is 4.99. The van der Waals surface area contributed by atoms with Crippen molar-refractivity contribution in [3.8, 4) is 0 Å². The van der Waals surface area contributed by atoms with Crippen LogP contribution in [0.15, 0.2) is 24.3 Å². The summed E-state index contributed by atoms with van der Waals surface area (Å²) >= 11 is 0. The van der Waals surface area contributed by atoms with Crippen LogP contribution in [-0.4, -0.2) is 36.2 Å². The molecule has 0 unspecified atom stereocenters. The maximum absolute atomic E-state index is 12.1. The average Bonchev–Trinajstić information content (AvgIpc) is 2.44. The van der Waals surface area contributed by atoms with Crippen molar-refractivity contribution in [3.63, 3.8) is 0 Å². The number of nitrogens with one attached hydrogen (secondary N) is 1. The molecule has 1 aliphatic rings. The van der Waals surface area contributed by atoms with Gasteiger partial charge in [-0.05, 0) is 39.7 Å². The summed E-state index contributed by atoms with van der Waals surface area (Å²) in [6.07, 6.45) is 9.64. The number of carboxylic acid groups (broad SMARTS) is 1. The molecule has 5 heteroatoms. The number of hydrogen-bond acceptors (Lipinski definition) is 4. The highest BCUT2D eigenvalue weighted by molar-refractivity contribution is 5.79. The first-order chi connectivity index (χ1) is 9.52. The molecule has 0 radical (unpaired) electrons. The number of carbonyl (C=O) groups is 2. The van der Waals surface area contributed by atoms with E-state index in [-0.39, 0.29) is 5.97 Å². The Morgan fingerprint density at radius 1 is 1.45 bits per heavy atom. The summed E-state index contributed by atoms with van der Waals surface area (Å²) in [5.74, 6) is -1.07. The first-order valence-electron chi connectivity index (χ1n) is 6.99. The molecule has 0 spiro atoms. The highest BCUT2D eigenvalue weighted by Gasteiger charge is 2.36. The minimum absolute atomic E-state index is 0.202. The van der Waals surface area contributed by atoms with Crippen molar-refractivity contribution in [2.75, 3.05) is 13.2 Å². The Kier molecular flexibility index (Phi) is 6.45. The number of esters is 1. The fourth-order valence-corrected chi connectivity index (χ4v) is 2.19.